The van der Waals surface area contributed by atoms with Gasteiger partial charge in [-0.15, -0.1) is 0 Å². The summed E-state index contributed by atoms with van der Waals surface area (Å²) in [7, 11) is 0. The fraction of sp³-hybridized carbons (Fsp3) is 0.154. The first-order valence-electron chi connectivity index (χ1n) is 10.6. The van der Waals surface area contributed by atoms with Crippen LogP contribution in [0, 0.1) is 0 Å². The van der Waals surface area contributed by atoms with Gasteiger partial charge in [0.2, 0.25) is 0 Å². The zero-order chi connectivity index (χ0) is 21.8. The summed E-state index contributed by atoms with van der Waals surface area (Å²) in [6.07, 6.45) is 4.66. The van der Waals surface area contributed by atoms with Crippen molar-refractivity contribution in [3.8, 4) is 22.3 Å². The number of nitrogens with zero attached hydrogens (tertiary/aromatic N) is 1. The predicted octanol–water partition coefficient (Wildman–Crippen LogP) is 5.28. The van der Waals surface area contributed by atoms with Crippen LogP contribution >= 0.6 is 0 Å². The molecule has 0 saturated heterocycles. The van der Waals surface area contributed by atoms with Crippen LogP contribution in [0.15, 0.2) is 59.4 Å². The molecule has 0 amide bonds. The van der Waals surface area contributed by atoms with Crippen molar-refractivity contribution in [1.82, 2.24) is 9.55 Å². The van der Waals surface area contributed by atoms with E-state index in [9.17, 15) is 9.59 Å². The number of carbonyl (C=O) groups is 2. The van der Waals surface area contributed by atoms with E-state index in [1.165, 1.54) is 0 Å². The maximum Gasteiger partial charge on any atom is 0.340 e. The number of benzene rings is 1. The first-order chi connectivity index (χ1) is 15.7. The van der Waals surface area contributed by atoms with Gasteiger partial charge < -0.3 is 18.7 Å². The molecule has 32 heavy (non-hydrogen) atoms. The number of aromatic amines is 1. The second kappa shape index (κ2) is 6.99. The van der Waals surface area contributed by atoms with Gasteiger partial charge in [-0.25, -0.2) is 4.79 Å². The van der Waals surface area contributed by atoms with Crippen molar-refractivity contribution in [2.75, 3.05) is 6.61 Å². The average Bonchev–Trinajstić information content (AvgIpc) is 3.48. The van der Waals surface area contributed by atoms with Gasteiger partial charge in [0.05, 0.1) is 36.9 Å². The summed E-state index contributed by atoms with van der Waals surface area (Å²) in [6.45, 7) is 2.55. The van der Waals surface area contributed by atoms with E-state index in [1.54, 1.807) is 19.5 Å². The Morgan fingerprint density at radius 1 is 1.19 bits per heavy atom. The third kappa shape index (κ3) is 2.52. The van der Waals surface area contributed by atoms with Crippen molar-refractivity contribution in [3.05, 3.63) is 83.2 Å². The van der Waals surface area contributed by atoms with Crippen LogP contribution in [0.1, 0.15) is 44.7 Å². The standard InChI is InChI=1S/C26H20N2O4/c1-2-32-26(30)25-22-11-19-17-5-3-4-6-20(17)27-21(19)12-28(22)23(13-29)24(25)18-8-7-15-14-31-10-9-16(15)18/h3-10,13-14,27H,2,11-12H2,1H3. The Kier molecular flexibility index (Phi) is 4.08. The van der Waals surface area contributed by atoms with Crippen LogP contribution in [0.4, 0.5) is 0 Å². The number of hydrogen-bond acceptors (Lipinski definition) is 4. The highest BCUT2D eigenvalue weighted by atomic mass is 16.5. The minimum atomic E-state index is -0.405. The van der Waals surface area contributed by atoms with Crippen molar-refractivity contribution in [1.29, 1.82) is 0 Å². The molecule has 4 heterocycles. The van der Waals surface area contributed by atoms with Crippen LogP contribution in [0.3, 0.4) is 0 Å². The molecule has 3 aliphatic rings. The van der Waals surface area contributed by atoms with Gasteiger partial charge in [0.25, 0.3) is 0 Å². The quantitative estimate of drug-likeness (QED) is 0.309. The molecule has 0 unspecified atom stereocenters. The number of para-hydroxylation sites is 1. The predicted molar refractivity (Wildman–Crippen MR) is 120 cm³/mol. The lowest BCUT2D eigenvalue weighted by Gasteiger charge is -2.18. The third-order valence-electron chi connectivity index (χ3n) is 6.37. The van der Waals surface area contributed by atoms with Gasteiger partial charge in [-0.3, -0.25) is 4.79 Å². The van der Waals surface area contributed by atoms with E-state index in [-0.39, 0.29) is 6.61 Å². The smallest absolute Gasteiger partial charge is 0.340 e. The van der Waals surface area contributed by atoms with Crippen LogP contribution in [0.25, 0.3) is 33.2 Å². The second-order valence-electron chi connectivity index (χ2n) is 7.98. The first-order valence-corrected chi connectivity index (χ1v) is 10.6. The number of aromatic nitrogens is 2. The number of nitrogens with one attached hydrogen (secondary N) is 1. The Bertz CT molecular complexity index is 1480. The molecule has 2 aliphatic heterocycles. The lowest BCUT2D eigenvalue weighted by atomic mass is 9.95. The molecular weight excluding hydrogens is 404 g/mol. The number of hydrogen-bond donors (Lipinski definition) is 1. The summed E-state index contributed by atoms with van der Waals surface area (Å²) >= 11 is 0. The van der Waals surface area contributed by atoms with E-state index in [1.807, 2.05) is 41.0 Å². The molecule has 0 radical (unpaired) electrons. The van der Waals surface area contributed by atoms with Crippen molar-refractivity contribution >= 4 is 23.2 Å². The summed E-state index contributed by atoms with van der Waals surface area (Å²) in [4.78, 5) is 29.1. The van der Waals surface area contributed by atoms with Gasteiger partial charge in [-0.2, -0.15) is 0 Å². The lowest BCUT2D eigenvalue weighted by molar-refractivity contribution is 0.0526. The molecule has 1 N–H and O–H groups in total. The Morgan fingerprint density at radius 3 is 2.91 bits per heavy atom. The molecule has 6 heteroatoms. The molecule has 6 nitrogen and oxygen atoms in total. The molecule has 1 aromatic carbocycles. The Morgan fingerprint density at radius 2 is 2.06 bits per heavy atom. The molecule has 3 aromatic rings. The Hall–Kier alpha value is -4.06. The van der Waals surface area contributed by atoms with Gasteiger partial charge in [-0.1, -0.05) is 30.3 Å². The number of aldehydes is 1. The van der Waals surface area contributed by atoms with Crippen LogP contribution in [-0.2, 0) is 17.7 Å². The Labute approximate surface area is 183 Å². The fourth-order valence-electron chi connectivity index (χ4n) is 5.02. The fourth-order valence-corrected chi connectivity index (χ4v) is 5.02. The van der Waals surface area contributed by atoms with Crippen LogP contribution in [0.2, 0.25) is 0 Å². The van der Waals surface area contributed by atoms with Crippen LogP contribution < -0.4 is 0 Å². The van der Waals surface area contributed by atoms with Crippen LogP contribution in [-0.4, -0.2) is 28.4 Å². The molecule has 0 fully saturated rings. The molecule has 2 aromatic heterocycles. The average molecular weight is 424 g/mol. The summed E-state index contributed by atoms with van der Waals surface area (Å²) in [5.41, 5.74) is 8.34. The Balaban J connectivity index is 1.63. The summed E-state index contributed by atoms with van der Waals surface area (Å²) in [5, 5.41) is 1.14. The molecule has 6 rings (SSSR count). The van der Waals surface area contributed by atoms with Crippen molar-refractivity contribution < 1.29 is 18.7 Å². The highest BCUT2D eigenvalue weighted by Gasteiger charge is 2.34. The van der Waals surface area contributed by atoms with Gasteiger partial charge in [-0.05, 0) is 35.7 Å². The van der Waals surface area contributed by atoms with Crippen molar-refractivity contribution in [2.45, 2.75) is 19.9 Å². The van der Waals surface area contributed by atoms with E-state index in [0.717, 1.165) is 50.8 Å². The number of H-pyrrole nitrogens is 1. The molecule has 0 saturated carbocycles. The highest BCUT2D eigenvalue weighted by molar-refractivity contribution is 6.07. The molecule has 0 atom stereocenters. The van der Waals surface area contributed by atoms with Gasteiger partial charge in [0, 0.05) is 39.8 Å². The summed E-state index contributed by atoms with van der Waals surface area (Å²) < 4.78 is 12.7. The van der Waals surface area contributed by atoms with E-state index in [2.05, 4.69) is 11.1 Å². The first kappa shape index (κ1) is 18.7. The molecule has 0 spiro atoms. The number of esters is 1. The minimum Gasteiger partial charge on any atom is -0.472 e. The summed E-state index contributed by atoms with van der Waals surface area (Å²) in [5.74, 6) is -0.405. The largest absolute Gasteiger partial charge is 0.472 e. The third-order valence-corrected chi connectivity index (χ3v) is 6.37. The molecule has 0 bridgehead atoms. The number of fused-ring (bicyclic) bond motifs is 5. The number of rotatable bonds is 4. The lowest BCUT2D eigenvalue weighted by Crippen LogP contribution is -2.17. The van der Waals surface area contributed by atoms with E-state index < -0.39 is 5.97 Å². The maximum atomic E-state index is 13.2. The van der Waals surface area contributed by atoms with Crippen molar-refractivity contribution in [2.24, 2.45) is 0 Å². The maximum absolute atomic E-state index is 13.2. The van der Waals surface area contributed by atoms with Gasteiger partial charge in [0.1, 0.15) is 0 Å². The summed E-state index contributed by atoms with van der Waals surface area (Å²) in [6, 6.07) is 13.9. The normalized spacial score (nSPS) is 12.7. The molecule has 158 valence electrons. The minimum absolute atomic E-state index is 0.262. The zero-order valence-corrected chi connectivity index (χ0v) is 17.5. The second-order valence-corrected chi connectivity index (χ2v) is 7.98. The van der Waals surface area contributed by atoms with E-state index in [4.69, 9.17) is 9.15 Å². The topological polar surface area (TPSA) is 77.2 Å². The highest BCUT2D eigenvalue weighted by Crippen LogP contribution is 2.43. The number of ether oxygens (including phenoxy) is 1. The van der Waals surface area contributed by atoms with E-state index >= 15 is 0 Å². The van der Waals surface area contributed by atoms with E-state index in [0.29, 0.717) is 29.8 Å². The monoisotopic (exact) mass is 424 g/mol. The number of carbonyl (C=O) groups excluding carboxylic acids is 2. The van der Waals surface area contributed by atoms with Gasteiger partial charge in [0.15, 0.2) is 6.29 Å². The van der Waals surface area contributed by atoms with Crippen LogP contribution in [0.5, 0.6) is 0 Å². The molecular formula is C26H20N2O4. The zero-order valence-electron chi connectivity index (χ0n) is 17.5. The SMILES string of the molecule is CCOC(=O)c1c(-c2ccc3coccc2-3)c(C=O)n2c1Cc1c([nH]c3ccccc13)C2. The van der Waals surface area contributed by atoms with Crippen molar-refractivity contribution in [3.63, 3.8) is 0 Å². The molecule has 1 aliphatic carbocycles. The van der Waals surface area contributed by atoms with Gasteiger partial charge >= 0.3 is 5.97 Å².